The van der Waals surface area contributed by atoms with Crippen LogP contribution in [0, 0.1) is 24.0 Å². The van der Waals surface area contributed by atoms with Crippen LogP contribution in [0.1, 0.15) is 62.3 Å². The first-order valence-electron chi connectivity index (χ1n) is 10.5. The fourth-order valence-electron chi connectivity index (χ4n) is 5.44. The molecule has 0 fully saturated rings. The van der Waals surface area contributed by atoms with Gasteiger partial charge in [-0.25, -0.2) is 4.98 Å². The molecule has 4 rings (SSSR count). The minimum Gasteiger partial charge on any atom is -0.393 e. The first-order chi connectivity index (χ1) is 14.6. The molecule has 0 bridgehead atoms. The van der Waals surface area contributed by atoms with Crippen LogP contribution in [-0.2, 0) is 6.42 Å². The highest BCUT2D eigenvalue weighted by Crippen LogP contribution is 2.47. The van der Waals surface area contributed by atoms with Gasteiger partial charge in [-0.2, -0.15) is 0 Å². The molecule has 0 atom stereocenters. The van der Waals surface area contributed by atoms with E-state index >= 15 is 8.63 Å². The van der Waals surface area contributed by atoms with Crippen molar-refractivity contribution in [2.45, 2.75) is 54.4 Å². The van der Waals surface area contributed by atoms with Crippen molar-refractivity contribution in [3.63, 3.8) is 0 Å². The van der Waals surface area contributed by atoms with E-state index in [2.05, 4.69) is 4.98 Å². The quantitative estimate of drug-likeness (QED) is 0.385. The number of pyridine rings is 1. The summed E-state index contributed by atoms with van der Waals surface area (Å²) in [6.45, 7) is 6.74. The molecular weight excluding hydrogens is 401 g/mol. The van der Waals surface area contributed by atoms with Gasteiger partial charge in [-0.15, -0.1) is 0 Å². The Morgan fingerprint density at radius 3 is 2.45 bits per heavy atom. The molecule has 0 aliphatic carbocycles. The zero-order valence-corrected chi connectivity index (χ0v) is 18.6. The summed E-state index contributed by atoms with van der Waals surface area (Å²) >= 11 is 0. The molecule has 0 aromatic carbocycles. The topological polar surface area (TPSA) is 64.0 Å². The van der Waals surface area contributed by atoms with Crippen LogP contribution in [0.25, 0.3) is 5.57 Å². The Labute approximate surface area is 179 Å². The van der Waals surface area contributed by atoms with Gasteiger partial charge in [0.2, 0.25) is 0 Å². The van der Waals surface area contributed by atoms with E-state index in [-0.39, 0.29) is 11.4 Å². The summed E-state index contributed by atoms with van der Waals surface area (Å²) in [7, 11) is 0. The number of hydrogen-bond donors (Lipinski definition) is 0. The lowest BCUT2D eigenvalue weighted by molar-refractivity contribution is -0.385. The number of nitro groups is 1. The Bertz CT molecular complexity index is 1250. The molecule has 2 aromatic heterocycles. The van der Waals surface area contributed by atoms with Crippen LogP contribution in [0.4, 0.5) is 14.3 Å². The lowest BCUT2D eigenvalue weighted by Crippen LogP contribution is -2.51. The smallest absolute Gasteiger partial charge is 0.393 e. The zero-order valence-electron chi connectivity index (χ0n) is 18.6. The second-order valence-corrected chi connectivity index (χ2v) is 8.11. The molecule has 31 heavy (non-hydrogen) atoms. The number of fused-ring (bicyclic) bond motifs is 2. The van der Waals surface area contributed by atoms with Gasteiger partial charge in [0.1, 0.15) is 5.71 Å². The fraction of sp³-hybridized carbons (Fsp3) is 0.364. The normalized spacial score (nSPS) is 17.4. The van der Waals surface area contributed by atoms with E-state index in [1.165, 1.54) is 18.3 Å². The molecule has 2 aliphatic rings. The van der Waals surface area contributed by atoms with Crippen molar-refractivity contribution in [1.29, 1.82) is 0 Å². The number of rotatable bonds is 4. The Kier molecular flexibility index (Phi) is 4.75. The lowest BCUT2D eigenvalue weighted by atomic mass is 9.84. The van der Waals surface area contributed by atoms with Gasteiger partial charge in [0.15, 0.2) is 11.4 Å². The third-order valence-corrected chi connectivity index (χ3v) is 6.72. The number of hydrogen-bond acceptors (Lipinski definition) is 3. The summed E-state index contributed by atoms with van der Waals surface area (Å²) in [6.07, 6.45) is 2.66. The Balaban J connectivity index is 2.27. The first-order valence-corrected chi connectivity index (χ1v) is 10.5. The molecule has 2 aromatic rings. The molecular formula is C22H25BF2N4O2. The van der Waals surface area contributed by atoms with Gasteiger partial charge in [0, 0.05) is 36.0 Å². The van der Waals surface area contributed by atoms with Crippen molar-refractivity contribution >= 4 is 23.9 Å². The molecule has 0 radical (unpaired) electrons. The summed E-state index contributed by atoms with van der Waals surface area (Å²) in [5.74, 6) is 0. The second kappa shape index (κ2) is 6.97. The Morgan fingerprint density at radius 1 is 1.19 bits per heavy atom. The SMILES string of the molecule is CCC1=C(C)C2=C(c3ncccc3[N+](=O)[O-])c3c(C)c(CC)c(C)n3[B-](F)(F)[N+]2=C1C. The van der Waals surface area contributed by atoms with E-state index < -0.39 is 11.9 Å². The predicted octanol–water partition coefficient (Wildman–Crippen LogP) is 5.18. The van der Waals surface area contributed by atoms with Crippen LogP contribution in [0.5, 0.6) is 0 Å². The van der Waals surface area contributed by atoms with Gasteiger partial charge >= 0.3 is 6.97 Å². The highest BCUT2D eigenvalue weighted by Gasteiger charge is 2.57. The number of halogens is 2. The summed E-state index contributed by atoms with van der Waals surface area (Å²) in [4.78, 5) is 15.7. The van der Waals surface area contributed by atoms with Crippen LogP contribution in [0.2, 0.25) is 0 Å². The molecule has 0 spiro atoms. The van der Waals surface area contributed by atoms with Crippen LogP contribution < -0.4 is 0 Å². The second-order valence-electron chi connectivity index (χ2n) is 8.11. The van der Waals surface area contributed by atoms with Crippen molar-refractivity contribution in [3.05, 3.63) is 73.5 Å². The fourth-order valence-corrected chi connectivity index (χ4v) is 5.44. The van der Waals surface area contributed by atoms with Crippen molar-refractivity contribution in [2.24, 2.45) is 0 Å². The summed E-state index contributed by atoms with van der Waals surface area (Å²) in [5, 5.41) is 11.8. The van der Waals surface area contributed by atoms with Crippen molar-refractivity contribution in [2.75, 3.05) is 0 Å². The predicted molar refractivity (Wildman–Crippen MR) is 117 cm³/mol. The molecule has 6 nitrogen and oxygen atoms in total. The average Bonchev–Trinajstić information content (AvgIpc) is 3.13. The third-order valence-electron chi connectivity index (χ3n) is 6.72. The molecule has 0 unspecified atom stereocenters. The average molecular weight is 426 g/mol. The molecule has 0 saturated heterocycles. The lowest BCUT2D eigenvalue weighted by Gasteiger charge is -2.33. The third kappa shape index (κ3) is 2.61. The van der Waals surface area contributed by atoms with Crippen molar-refractivity contribution in [1.82, 2.24) is 9.46 Å². The summed E-state index contributed by atoms with van der Waals surface area (Å²) in [5.41, 5.74) is 5.09. The molecule has 0 amide bonds. The molecule has 2 aliphatic heterocycles. The van der Waals surface area contributed by atoms with Crippen molar-refractivity contribution < 1.29 is 18.0 Å². The van der Waals surface area contributed by atoms with Gasteiger partial charge in [-0.3, -0.25) is 10.1 Å². The zero-order chi connectivity index (χ0) is 22.8. The Morgan fingerprint density at radius 2 is 1.87 bits per heavy atom. The van der Waals surface area contributed by atoms with E-state index in [9.17, 15) is 10.1 Å². The Hall–Kier alpha value is -3.10. The standard InChI is InChI=1S/C22H25BF2N4O2/c1-7-16-12(3)21-19(20-18(29(30)31)10-9-11-26-20)22-13(4)17(8-2)15(6)28(22)23(24,25)27(21)14(16)5/h9-11H,7-8H2,1-6H3. The van der Waals surface area contributed by atoms with Crippen LogP contribution in [-0.4, -0.2) is 31.6 Å². The van der Waals surface area contributed by atoms with Crippen LogP contribution in [0.3, 0.4) is 0 Å². The number of nitrogens with zero attached hydrogens (tertiary/aromatic N) is 4. The van der Waals surface area contributed by atoms with Crippen molar-refractivity contribution in [3.8, 4) is 0 Å². The minimum atomic E-state index is -4.17. The molecule has 0 N–H and O–H groups in total. The minimum absolute atomic E-state index is 0.118. The highest BCUT2D eigenvalue weighted by molar-refractivity contribution is 6.58. The van der Waals surface area contributed by atoms with Gasteiger partial charge in [0.25, 0.3) is 5.69 Å². The monoisotopic (exact) mass is 426 g/mol. The van der Waals surface area contributed by atoms with E-state index in [4.69, 9.17) is 0 Å². The summed E-state index contributed by atoms with van der Waals surface area (Å²) < 4.78 is 34.5. The van der Waals surface area contributed by atoms with Crippen LogP contribution in [0.15, 0.2) is 35.2 Å². The van der Waals surface area contributed by atoms with Gasteiger partial charge in [0.05, 0.1) is 10.5 Å². The maximum atomic E-state index is 16.1. The molecule has 162 valence electrons. The molecule has 4 heterocycles. The first kappa shape index (κ1) is 21.1. The van der Waals surface area contributed by atoms with E-state index in [1.54, 1.807) is 13.8 Å². The number of aromatic nitrogens is 2. The molecule has 0 saturated carbocycles. The van der Waals surface area contributed by atoms with Gasteiger partial charge < -0.3 is 17.6 Å². The van der Waals surface area contributed by atoms with Gasteiger partial charge in [-0.1, -0.05) is 13.8 Å². The number of allylic oxidation sites excluding steroid dienone is 2. The maximum absolute atomic E-state index is 16.1. The summed E-state index contributed by atoms with van der Waals surface area (Å²) in [6, 6.07) is 2.87. The van der Waals surface area contributed by atoms with E-state index in [0.717, 1.165) is 31.2 Å². The van der Waals surface area contributed by atoms with E-state index in [0.29, 0.717) is 41.2 Å². The largest absolute Gasteiger partial charge is 0.737 e. The van der Waals surface area contributed by atoms with E-state index in [1.807, 2.05) is 27.7 Å². The van der Waals surface area contributed by atoms with Crippen LogP contribution >= 0.6 is 0 Å². The maximum Gasteiger partial charge on any atom is 0.737 e. The molecule has 9 heteroatoms. The van der Waals surface area contributed by atoms with Gasteiger partial charge in [-0.05, 0) is 56.5 Å². The highest BCUT2D eigenvalue weighted by atomic mass is 19.2.